The van der Waals surface area contributed by atoms with Crippen molar-refractivity contribution in [2.45, 2.75) is 6.18 Å². The molecule has 0 spiro atoms. The lowest BCUT2D eigenvalue weighted by molar-refractivity contribution is -0.384. The monoisotopic (exact) mass is 324 g/mol. The standard InChI is InChI=1S/C9H8ClF3N6O2/c10-4-2-6(19(20)21)5(1-3(4)9(11,12)13)17-8(16)18-7(14)15/h1-2H,(H6,14,15,16,17,18). The minimum Gasteiger partial charge on any atom is -0.370 e. The van der Waals surface area contributed by atoms with E-state index in [0.29, 0.717) is 12.1 Å². The summed E-state index contributed by atoms with van der Waals surface area (Å²) in [5.41, 5.74) is 12.5. The number of hydrogen-bond acceptors (Lipinski definition) is 3. The summed E-state index contributed by atoms with van der Waals surface area (Å²) in [6, 6.07) is 0.904. The molecule has 0 fully saturated rings. The van der Waals surface area contributed by atoms with E-state index in [1.165, 1.54) is 0 Å². The third kappa shape index (κ3) is 4.21. The number of aliphatic imine (C=N–C) groups is 2. The Bertz CT molecular complexity index is 639. The highest BCUT2D eigenvalue weighted by Crippen LogP contribution is 2.41. The lowest BCUT2D eigenvalue weighted by Gasteiger charge is -2.09. The summed E-state index contributed by atoms with van der Waals surface area (Å²) < 4.78 is 38.1. The van der Waals surface area contributed by atoms with Gasteiger partial charge in [-0.25, -0.2) is 4.99 Å². The van der Waals surface area contributed by atoms with E-state index in [4.69, 9.17) is 28.8 Å². The van der Waals surface area contributed by atoms with E-state index in [1.807, 2.05) is 0 Å². The minimum absolute atomic E-state index is 0.384. The van der Waals surface area contributed by atoms with Gasteiger partial charge in [-0.2, -0.15) is 18.2 Å². The first kappa shape index (κ1) is 16.5. The van der Waals surface area contributed by atoms with Crippen molar-refractivity contribution >= 4 is 34.9 Å². The Balaban J connectivity index is 3.55. The maximum absolute atomic E-state index is 12.7. The zero-order valence-electron chi connectivity index (χ0n) is 10.1. The third-order valence-corrected chi connectivity index (χ3v) is 2.36. The van der Waals surface area contributed by atoms with E-state index in [9.17, 15) is 23.3 Å². The van der Waals surface area contributed by atoms with Crippen molar-refractivity contribution in [1.29, 1.82) is 0 Å². The van der Waals surface area contributed by atoms with E-state index in [-0.39, 0.29) is 0 Å². The predicted molar refractivity (Wildman–Crippen MR) is 70.2 cm³/mol. The summed E-state index contributed by atoms with van der Waals surface area (Å²) in [4.78, 5) is 16.5. The van der Waals surface area contributed by atoms with E-state index >= 15 is 0 Å². The van der Waals surface area contributed by atoms with Gasteiger partial charge in [0.25, 0.3) is 5.69 Å². The van der Waals surface area contributed by atoms with Gasteiger partial charge in [0.2, 0.25) is 5.96 Å². The van der Waals surface area contributed by atoms with Crippen molar-refractivity contribution < 1.29 is 18.1 Å². The minimum atomic E-state index is -4.82. The third-order valence-electron chi connectivity index (χ3n) is 2.04. The van der Waals surface area contributed by atoms with Gasteiger partial charge in [0.15, 0.2) is 5.96 Å². The summed E-state index contributed by atoms with van der Waals surface area (Å²) in [6.07, 6.45) is -4.82. The Kier molecular flexibility index (Phi) is 4.58. The van der Waals surface area contributed by atoms with Gasteiger partial charge in [-0.05, 0) is 6.07 Å². The van der Waals surface area contributed by atoms with Gasteiger partial charge in [0.05, 0.1) is 15.5 Å². The quantitative estimate of drug-likeness (QED) is 0.326. The maximum Gasteiger partial charge on any atom is 0.417 e. The number of rotatable bonds is 2. The molecule has 12 heteroatoms. The second kappa shape index (κ2) is 5.83. The van der Waals surface area contributed by atoms with Gasteiger partial charge in [0, 0.05) is 6.07 Å². The molecular formula is C9H8ClF3N6O2. The second-order valence-electron chi connectivity index (χ2n) is 3.58. The number of nitro benzene ring substituents is 1. The summed E-state index contributed by atoms with van der Waals surface area (Å²) in [6.45, 7) is 0. The Morgan fingerprint density at radius 1 is 1.29 bits per heavy atom. The molecule has 0 aliphatic carbocycles. The van der Waals surface area contributed by atoms with Gasteiger partial charge < -0.3 is 17.2 Å². The average Bonchev–Trinajstić information content (AvgIpc) is 2.27. The van der Waals surface area contributed by atoms with Gasteiger partial charge in [-0.3, -0.25) is 10.1 Å². The highest BCUT2D eigenvalue weighted by Gasteiger charge is 2.35. The maximum atomic E-state index is 12.7. The van der Waals surface area contributed by atoms with Crippen LogP contribution in [0.5, 0.6) is 0 Å². The van der Waals surface area contributed by atoms with E-state index < -0.39 is 45.0 Å². The van der Waals surface area contributed by atoms with Gasteiger partial charge in [-0.1, -0.05) is 11.6 Å². The lowest BCUT2D eigenvalue weighted by atomic mass is 10.1. The van der Waals surface area contributed by atoms with Crippen LogP contribution in [0.15, 0.2) is 22.1 Å². The topological polar surface area (TPSA) is 146 Å². The number of guanidine groups is 2. The molecule has 0 saturated heterocycles. The fraction of sp³-hybridized carbons (Fsp3) is 0.111. The number of nitrogens with zero attached hydrogens (tertiary/aromatic N) is 3. The van der Waals surface area contributed by atoms with Crippen LogP contribution in [0, 0.1) is 10.1 Å². The molecule has 0 aliphatic heterocycles. The Hall–Kier alpha value is -2.56. The first-order valence-electron chi connectivity index (χ1n) is 5.01. The first-order valence-corrected chi connectivity index (χ1v) is 5.39. The number of halogens is 4. The number of nitrogens with two attached hydrogens (primary N) is 3. The highest BCUT2D eigenvalue weighted by molar-refractivity contribution is 6.31. The summed E-state index contributed by atoms with van der Waals surface area (Å²) >= 11 is 5.38. The summed E-state index contributed by atoms with van der Waals surface area (Å²) in [5.74, 6) is -1.16. The molecule has 0 bridgehead atoms. The largest absolute Gasteiger partial charge is 0.417 e. The molecule has 8 nitrogen and oxygen atoms in total. The zero-order chi connectivity index (χ0) is 16.4. The van der Waals surface area contributed by atoms with E-state index in [2.05, 4.69) is 9.98 Å². The molecule has 0 saturated carbocycles. The molecule has 21 heavy (non-hydrogen) atoms. The second-order valence-corrected chi connectivity index (χ2v) is 3.99. The number of hydrogen-bond donors (Lipinski definition) is 3. The van der Waals surface area contributed by atoms with Crippen molar-refractivity contribution in [3.8, 4) is 0 Å². The number of alkyl halides is 3. The van der Waals surface area contributed by atoms with Crippen molar-refractivity contribution in [1.82, 2.24) is 0 Å². The van der Waals surface area contributed by atoms with Crippen LogP contribution in [0.4, 0.5) is 24.5 Å². The van der Waals surface area contributed by atoms with Crippen LogP contribution in [0.2, 0.25) is 5.02 Å². The van der Waals surface area contributed by atoms with Gasteiger partial charge in [-0.15, -0.1) is 0 Å². The molecule has 0 aliphatic rings. The summed E-state index contributed by atoms with van der Waals surface area (Å²) in [7, 11) is 0. The number of nitro groups is 1. The normalized spacial score (nSPS) is 12.1. The van der Waals surface area contributed by atoms with Crippen molar-refractivity contribution in [2.75, 3.05) is 0 Å². The predicted octanol–water partition coefficient (Wildman–Crippen LogP) is 1.49. The van der Waals surface area contributed by atoms with Crippen molar-refractivity contribution in [2.24, 2.45) is 27.2 Å². The van der Waals surface area contributed by atoms with Crippen LogP contribution in [0.1, 0.15) is 5.56 Å². The first-order chi connectivity index (χ1) is 9.52. The molecule has 0 aromatic heterocycles. The van der Waals surface area contributed by atoms with Crippen molar-refractivity contribution in [3.63, 3.8) is 0 Å². The fourth-order valence-corrected chi connectivity index (χ4v) is 1.55. The SMILES string of the molecule is NC(N)=NC(N)=Nc1cc(C(F)(F)F)c(Cl)cc1[N+](=O)[O-]. The molecule has 0 radical (unpaired) electrons. The molecule has 1 aromatic carbocycles. The molecule has 1 aromatic rings. The highest BCUT2D eigenvalue weighted by atomic mass is 35.5. The smallest absolute Gasteiger partial charge is 0.370 e. The van der Waals surface area contributed by atoms with Gasteiger partial charge >= 0.3 is 6.18 Å². The molecule has 0 atom stereocenters. The van der Waals surface area contributed by atoms with Crippen LogP contribution >= 0.6 is 11.6 Å². The molecular weight excluding hydrogens is 317 g/mol. The average molecular weight is 325 g/mol. The van der Waals surface area contributed by atoms with Gasteiger partial charge in [0.1, 0.15) is 5.69 Å². The number of benzene rings is 1. The van der Waals surface area contributed by atoms with E-state index in [0.717, 1.165) is 0 Å². The molecule has 0 unspecified atom stereocenters. The summed E-state index contributed by atoms with van der Waals surface area (Å²) in [5, 5.41) is 9.97. The molecule has 1 rings (SSSR count). The van der Waals surface area contributed by atoms with Crippen LogP contribution in [0.25, 0.3) is 0 Å². The fourth-order valence-electron chi connectivity index (χ4n) is 1.29. The van der Waals surface area contributed by atoms with Crippen molar-refractivity contribution in [3.05, 3.63) is 32.8 Å². The molecule has 114 valence electrons. The lowest BCUT2D eigenvalue weighted by Crippen LogP contribution is -2.26. The molecule has 6 N–H and O–H groups in total. The molecule has 0 heterocycles. The van der Waals surface area contributed by atoms with E-state index in [1.54, 1.807) is 0 Å². The Labute approximate surface area is 120 Å². The molecule has 0 amide bonds. The van der Waals surface area contributed by atoms with Crippen LogP contribution in [-0.4, -0.2) is 16.8 Å². The van der Waals surface area contributed by atoms with Crippen LogP contribution in [0.3, 0.4) is 0 Å². The Morgan fingerprint density at radius 2 is 1.86 bits per heavy atom. The zero-order valence-corrected chi connectivity index (χ0v) is 10.8. The van der Waals surface area contributed by atoms with Crippen LogP contribution < -0.4 is 17.2 Å². The van der Waals surface area contributed by atoms with Crippen LogP contribution in [-0.2, 0) is 6.18 Å². The Morgan fingerprint density at radius 3 is 2.29 bits per heavy atom.